The predicted molar refractivity (Wildman–Crippen MR) is 93.8 cm³/mol. The molecule has 2 heterocycles. The van der Waals surface area contributed by atoms with Crippen LogP contribution < -0.4 is 15.6 Å². The van der Waals surface area contributed by atoms with E-state index >= 15 is 0 Å². The van der Waals surface area contributed by atoms with Crippen LogP contribution in [0.1, 0.15) is 25.7 Å². The van der Waals surface area contributed by atoms with Gasteiger partial charge in [0.25, 0.3) is 12.0 Å². The lowest BCUT2D eigenvalue weighted by Gasteiger charge is -2.28. The molecule has 1 aliphatic rings. The second-order valence-corrected chi connectivity index (χ2v) is 6.26. The van der Waals surface area contributed by atoms with Gasteiger partial charge < -0.3 is 14.8 Å². The standard InChI is InChI=1S/C18H23N3O4/c1-24-16-7-5-13-6-8-17(23)21(18(13)20-16)10-9-19-14-3-2-4-15(11-14)25-12-22/h5-8,12,14-15,19H,2-4,9-11H2,1H3. The third-order valence-electron chi connectivity index (χ3n) is 4.66. The molecule has 0 bridgehead atoms. The van der Waals surface area contributed by atoms with Crippen molar-refractivity contribution in [3.8, 4) is 5.88 Å². The van der Waals surface area contributed by atoms with Gasteiger partial charge in [-0.25, -0.2) is 0 Å². The topological polar surface area (TPSA) is 82.5 Å². The molecule has 0 aliphatic heterocycles. The Morgan fingerprint density at radius 2 is 2.16 bits per heavy atom. The van der Waals surface area contributed by atoms with Gasteiger partial charge in [-0.1, -0.05) is 0 Å². The highest BCUT2D eigenvalue weighted by Gasteiger charge is 2.22. The molecule has 1 fully saturated rings. The van der Waals surface area contributed by atoms with E-state index in [0.29, 0.717) is 37.1 Å². The summed E-state index contributed by atoms with van der Waals surface area (Å²) in [5.74, 6) is 0.487. The van der Waals surface area contributed by atoms with E-state index in [4.69, 9.17) is 9.47 Å². The molecule has 7 nitrogen and oxygen atoms in total. The minimum Gasteiger partial charge on any atom is -0.481 e. The summed E-state index contributed by atoms with van der Waals surface area (Å²) in [6.07, 6.45) is 3.81. The molecule has 0 radical (unpaired) electrons. The molecule has 1 aliphatic carbocycles. The number of carbonyl (C=O) groups excluding carboxylic acids is 1. The summed E-state index contributed by atoms with van der Waals surface area (Å²) in [5, 5.41) is 4.36. The Bertz CT molecular complexity index is 789. The van der Waals surface area contributed by atoms with E-state index in [1.807, 2.05) is 6.07 Å². The maximum absolute atomic E-state index is 12.2. The van der Waals surface area contributed by atoms with Crippen LogP contribution in [-0.4, -0.2) is 41.8 Å². The van der Waals surface area contributed by atoms with Crippen molar-refractivity contribution in [2.75, 3.05) is 13.7 Å². The van der Waals surface area contributed by atoms with Crippen LogP contribution in [0, 0.1) is 0 Å². The molecule has 0 aromatic carbocycles. The van der Waals surface area contributed by atoms with Crippen LogP contribution >= 0.6 is 0 Å². The molecule has 2 unspecified atom stereocenters. The molecule has 3 rings (SSSR count). The first-order valence-corrected chi connectivity index (χ1v) is 8.58. The van der Waals surface area contributed by atoms with E-state index in [-0.39, 0.29) is 11.7 Å². The molecule has 0 saturated heterocycles. The molecule has 25 heavy (non-hydrogen) atoms. The number of aromatic nitrogens is 2. The van der Waals surface area contributed by atoms with Gasteiger partial charge in [-0.15, -0.1) is 0 Å². The zero-order valence-electron chi connectivity index (χ0n) is 14.3. The van der Waals surface area contributed by atoms with Crippen LogP contribution in [0.15, 0.2) is 29.1 Å². The Labute approximate surface area is 146 Å². The second kappa shape index (κ2) is 8.11. The van der Waals surface area contributed by atoms with Crippen LogP contribution in [0.4, 0.5) is 0 Å². The Hall–Kier alpha value is -2.41. The molecule has 0 spiro atoms. The number of rotatable bonds is 7. The summed E-state index contributed by atoms with van der Waals surface area (Å²) in [4.78, 5) is 27.2. The minimum atomic E-state index is -0.0825. The summed E-state index contributed by atoms with van der Waals surface area (Å²) >= 11 is 0. The first-order valence-electron chi connectivity index (χ1n) is 8.58. The molecular weight excluding hydrogens is 322 g/mol. The van der Waals surface area contributed by atoms with Gasteiger partial charge in [0.2, 0.25) is 5.88 Å². The molecular formula is C18H23N3O4. The van der Waals surface area contributed by atoms with Crippen molar-refractivity contribution in [1.82, 2.24) is 14.9 Å². The van der Waals surface area contributed by atoms with E-state index < -0.39 is 0 Å². The van der Waals surface area contributed by atoms with Gasteiger partial charge in [0.05, 0.1) is 7.11 Å². The van der Waals surface area contributed by atoms with Gasteiger partial charge in [0.15, 0.2) is 0 Å². The van der Waals surface area contributed by atoms with Crippen molar-refractivity contribution in [2.45, 2.75) is 44.4 Å². The van der Waals surface area contributed by atoms with Crippen LogP contribution in [0.25, 0.3) is 11.0 Å². The van der Waals surface area contributed by atoms with Gasteiger partial charge in [0, 0.05) is 36.7 Å². The van der Waals surface area contributed by atoms with Crippen molar-refractivity contribution in [3.63, 3.8) is 0 Å². The van der Waals surface area contributed by atoms with Gasteiger partial charge in [0.1, 0.15) is 11.8 Å². The zero-order valence-corrected chi connectivity index (χ0v) is 14.3. The maximum Gasteiger partial charge on any atom is 0.293 e. The number of pyridine rings is 2. The molecule has 2 aromatic rings. The first kappa shape index (κ1) is 17.4. The minimum absolute atomic E-state index is 0.00467. The number of nitrogens with one attached hydrogen (secondary N) is 1. The lowest BCUT2D eigenvalue weighted by atomic mass is 9.93. The average molecular weight is 345 g/mol. The first-order chi connectivity index (χ1) is 12.2. The van der Waals surface area contributed by atoms with Crippen molar-refractivity contribution in [1.29, 1.82) is 0 Å². The normalized spacial score (nSPS) is 20.4. The number of ether oxygens (including phenoxy) is 2. The van der Waals surface area contributed by atoms with Crippen LogP contribution in [0.5, 0.6) is 5.88 Å². The summed E-state index contributed by atoms with van der Waals surface area (Å²) in [6, 6.07) is 7.31. The molecule has 1 N–H and O–H groups in total. The van der Waals surface area contributed by atoms with Crippen LogP contribution in [-0.2, 0) is 16.1 Å². The quantitative estimate of drug-likeness (QED) is 0.766. The lowest BCUT2D eigenvalue weighted by Crippen LogP contribution is -2.39. The van der Waals surface area contributed by atoms with Crippen molar-refractivity contribution < 1.29 is 14.3 Å². The zero-order chi connectivity index (χ0) is 17.6. The molecule has 2 aromatic heterocycles. The van der Waals surface area contributed by atoms with Crippen LogP contribution in [0.3, 0.4) is 0 Å². The number of hydrogen-bond donors (Lipinski definition) is 1. The highest BCUT2D eigenvalue weighted by molar-refractivity contribution is 5.75. The van der Waals surface area contributed by atoms with E-state index in [0.717, 1.165) is 31.1 Å². The predicted octanol–water partition coefficient (Wildman–Crippen LogP) is 1.48. The van der Waals surface area contributed by atoms with E-state index in [1.54, 1.807) is 29.9 Å². The lowest BCUT2D eigenvalue weighted by molar-refractivity contribution is -0.135. The molecule has 134 valence electrons. The monoisotopic (exact) mass is 345 g/mol. The smallest absolute Gasteiger partial charge is 0.293 e. The van der Waals surface area contributed by atoms with Crippen molar-refractivity contribution >= 4 is 17.5 Å². The van der Waals surface area contributed by atoms with Gasteiger partial charge in [-0.2, -0.15) is 4.98 Å². The van der Waals surface area contributed by atoms with Crippen molar-refractivity contribution in [2.24, 2.45) is 0 Å². The summed E-state index contributed by atoms with van der Waals surface area (Å²) in [5.41, 5.74) is 0.542. The Morgan fingerprint density at radius 3 is 2.96 bits per heavy atom. The number of methoxy groups -OCH3 is 1. The second-order valence-electron chi connectivity index (χ2n) is 6.26. The highest BCUT2D eigenvalue weighted by atomic mass is 16.5. The Kier molecular flexibility index (Phi) is 5.65. The summed E-state index contributed by atoms with van der Waals surface area (Å²) in [6.45, 7) is 1.70. The Balaban J connectivity index is 1.67. The van der Waals surface area contributed by atoms with Crippen LogP contribution in [0.2, 0.25) is 0 Å². The number of carbonyl (C=O) groups is 1. The fourth-order valence-corrected chi connectivity index (χ4v) is 3.39. The SMILES string of the molecule is COc1ccc2ccc(=O)n(CCNC3CCCC(OC=O)C3)c2n1. The van der Waals surface area contributed by atoms with Crippen molar-refractivity contribution in [3.05, 3.63) is 34.6 Å². The number of nitrogens with zero attached hydrogens (tertiary/aromatic N) is 2. The molecule has 7 heteroatoms. The molecule has 1 saturated carbocycles. The molecule has 2 atom stereocenters. The number of fused-ring (bicyclic) bond motifs is 1. The van der Waals surface area contributed by atoms with E-state index in [9.17, 15) is 9.59 Å². The maximum atomic E-state index is 12.2. The van der Waals surface area contributed by atoms with E-state index in [2.05, 4.69) is 10.3 Å². The molecule has 0 amide bonds. The summed E-state index contributed by atoms with van der Waals surface area (Å²) in [7, 11) is 1.56. The Morgan fingerprint density at radius 1 is 1.32 bits per heavy atom. The van der Waals surface area contributed by atoms with Gasteiger partial charge >= 0.3 is 0 Å². The van der Waals surface area contributed by atoms with Gasteiger partial charge in [-0.05, 0) is 37.8 Å². The number of hydrogen-bond acceptors (Lipinski definition) is 6. The third-order valence-corrected chi connectivity index (χ3v) is 4.66. The largest absolute Gasteiger partial charge is 0.481 e. The third kappa shape index (κ3) is 4.17. The summed E-state index contributed by atoms with van der Waals surface area (Å²) < 4.78 is 11.9. The van der Waals surface area contributed by atoms with Gasteiger partial charge in [-0.3, -0.25) is 14.2 Å². The fraction of sp³-hybridized carbons (Fsp3) is 0.500. The van der Waals surface area contributed by atoms with E-state index in [1.165, 1.54) is 0 Å². The average Bonchev–Trinajstić information content (AvgIpc) is 2.64. The highest BCUT2D eigenvalue weighted by Crippen LogP contribution is 2.20. The fourth-order valence-electron chi connectivity index (χ4n) is 3.39.